The van der Waals surface area contributed by atoms with Crippen molar-refractivity contribution >= 4 is 19.3 Å². The van der Waals surface area contributed by atoms with Crippen molar-refractivity contribution in [2.24, 2.45) is 0 Å². The third kappa shape index (κ3) is 7.77. The van der Waals surface area contributed by atoms with Gasteiger partial charge in [0.25, 0.3) is 0 Å². The number of nitrogens with one attached hydrogen (secondary N) is 2. The highest BCUT2D eigenvalue weighted by Gasteiger charge is 2.45. The van der Waals surface area contributed by atoms with Crippen LogP contribution in [0, 0.1) is 0 Å². The number of carbonyl (C=O) groups excluding carboxylic acids is 1. The average Bonchev–Trinajstić information content (AvgIpc) is 2.21. The molecule has 0 saturated heterocycles. The summed E-state index contributed by atoms with van der Waals surface area (Å²) in [6.07, 6.45) is -6.12. The SMILES string of the molecule is CC(C)NP(=O)(CN(CC(=O)O)C(=O)C(F)(F)F)NC(C)C. The molecule has 130 valence electrons. The Kier molecular flexibility index (Phi) is 7.53. The number of aliphatic carboxylic acids is 1. The lowest BCUT2D eigenvalue weighted by Crippen LogP contribution is -2.47. The maximum atomic E-state index is 12.7. The Morgan fingerprint density at radius 1 is 1.14 bits per heavy atom. The second-order valence-electron chi connectivity index (χ2n) is 5.34. The Labute approximate surface area is 126 Å². The fourth-order valence-electron chi connectivity index (χ4n) is 1.72. The zero-order chi connectivity index (χ0) is 17.7. The van der Waals surface area contributed by atoms with Crippen LogP contribution in [-0.4, -0.2) is 53.0 Å². The van der Waals surface area contributed by atoms with Gasteiger partial charge in [0.1, 0.15) is 12.8 Å². The highest BCUT2D eigenvalue weighted by atomic mass is 31.2. The van der Waals surface area contributed by atoms with Crippen LogP contribution < -0.4 is 10.2 Å². The summed E-state index contributed by atoms with van der Waals surface area (Å²) in [5.74, 6) is -3.97. The standard InChI is InChI=1S/C11H21F3N3O4P/c1-7(2)15-22(21,16-8(3)4)6-17(5-9(18)19)10(20)11(12,13)14/h7-8H,5-6H2,1-4H3,(H,18,19)(H2,15,16,21). The van der Waals surface area contributed by atoms with Crippen molar-refractivity contribution in [2.75, 3.05) is 12.8 Å². The number of carboxylic acid groups (broad SMARTS) is 1. The van der Waals surface area contributed by atoms with E-state index in [9.17, 15) is 27.3 Å². The van der Waals surface area contributed by atoms with Gasteiger partial charge in [0.15, 0.2) is 0 Å². The average molecular weight is 347 g/mol. The van der Waals surface area contributed by atoms with Gasteiger partial charge in [-0.15, -0.1) is 0 Å². The largest absolute Gasteiger partial charge is 0.480 e. The molecule has 0 aromatic heterocycles. The molecule has 0 aromatic carbocycles. The number of hydrogen-bond acceptors (Lipinski definition) is 3. The van der Waals surface area contributed by atoms with Crippen molar-refractivity contribution in [3.8, 4) is 0 Å². The van der Waals surface area contributed by atoms with Crippen molar-refractivity contribution < 1.29 is 32.4 Å². The van der Waals surface area contributed by atoms with Crippen molar-refractivity contribution in [2.45, 2.75) is 46.0 Å². The first-order valence-electron chi connectivity index (χ1n) is 6.49. The van der Waals surface area contributed by atoms with Gasteiger partial charge < -0.3 is 10.0 Å². The van der Waals surface area contributed by atoms with Gasteiger partial charge in [0.2, 0.25) is 7.44 Å². The molecule has 1 amide bonds. The fourth-order valence-corrected chi connectivity index (χ4v) is 4.34. The molecule has 0 aliphatic rings. The molecule has 0 saturated carbocycles. The molecule has 0 radical (unpaired) electrons. The molecule has 0 aliphatic carbocycles. The molecule has 0 aromatic rings. The fraction of sp³-hybridized carbons (Fsp3) is 0.818. The number of alkyl halides is 3. The van der Waals surface area contributed by atoms with Crippen molar-refractivity contribution in [1.82, 2.24) is 15.1 Å². The van der Waals surface area contributed by atoms with Gasteiger partial charge in [-0.25, -0.2) is 0 Å². The van der Waals surface area contributed by atoms with Gasteiger partial charge in [0.05, 0.1) is 0 Å². The molecule has 11 heteroatoms. The smallest absolute Gasteiger partial charge is 0.471 e. The minimum atomic E-state index is -5.24. The van der Waals surface area contributed by atoms with E-state index in [4.69, 9.17) is 5.11 Å². The van der Waals surface area contributed by atoms with E-state index in [1.165, 1.54) is 0 Å². The van der Waals surface area contributed by atoms with Gasteiger partial charge in [-0.3, -0.25) is 24.3 Å². The first-order chi connectivity index (χ1) is 9.77. The topological polar surface area (TPSA) is 98.7 Å². The zero-order valence-electron chi connectivity index (χ0n) is 12.8. The number of rotatable bonds is 8. The Hall–Kier alpha value is -1.12. The predicted molar refractivity (Wildman–Crippen MR) is 74.4 cm³/mol. The van der Waals surface area contributed by atoms with Gasteiger partial charge in [-0.1, -0.05) is 0 Å². The normalized spacial score (nSPS) is 12.8. The Bertz CT molecular complexity index is 440. The monoisotopic (exact) mass is 347 g/mol. The third-order valence-corrected chi connectivity index (χ3v) is 4.77. The molecule has 0 fully saturated rings. The number of halogens is 3. The molecule has 0 atom stereocenters. The van der Waals surface area contributed by atoms with E-state index in [1.807, 2.05) is 0 Å². The third-order valence-electron chi connectivity index (χ3n) is 2.16. The van der Waals surface area contributed by atoms with E-state index in [0.717, 1.165) is 0 Å². The van der Waals surface area contributed by atoms with E-state index in [0.29, 0.717) is 0 Å². The second kappa shape index (κ2) is 7.94. The number of hydrogen-bond donors (Lipinski definition) is 3. The molecule has 0 rings (SSSR count). The van der Waals surface area contributed by atoms with Crippen LogP contribution in [-0.2, 0) is 14.2 Å². The van der Waals surface area contributed by atoms with Crippen LogP contribution in [0.25, 0.3) is 0 Å². The lowest BCUT2D eigenvalue weighted by Gasteiger charge is -2.30. The van der Waals surface area contributed by atoms with E-state index in [-0.39, 0.29) is 17.0 Å². The summed E-state index contributed by atoms with van der Waals surface area (Å²) in [4.78, 5) is 22.0. The van der Waals surface area contributed by atoms with Crippen LogP contribution in [0.15, 0.2) is 0 Å². The van der Waals surface area contributed by atoms with Crippen LogP contribution in [0.4, 0.5) is 13.2 Å². The summed E-state index contributed by atoms with van der Waals surface area (Å²) >= 11 is 0. The van der Waals surface area contributed by atoms with Crippen molar-refractivity contribution in [3.63, 3.8) is 0 Å². The maximum Gasteiger partial charge on any atom is 0.471 e. The highest BCUT2D eigenvalue weighted by Crippen LogP contribution is 2.39. The number of carbonyl (C=O) groups is 2. The number of amides is 1. The van der Waals surface area contributed by atoms with Gasteiger partial charge in [-0.05, 0) is 27.7 Å². The molecule has 0 spiro atoms. The van der Waals surface area contributed by atoms with Crippen molar-refractivity contribution in [1.29, 1.82) is 0 Å². The molecule has 0 heterocycles. The zero-order valence-corrected chi connectivity index (χ0v) is 13.7. The molecule has 22 heavy (non-hydrogen) atoms. The maximum absolute atomic E-state index is 12.7. The molecule has 0 bridgehead atoms. The molecule has 0 unspecified atom stereocenters. The Morgan fingerprint density at radius 3 is 1.82 bits per heavy atom. The van der Waals surface area contributed by atoms with Crippen LogP contribution in [0.1, 0.15) is 27.7 Å². The quantitative estimate of drug-likeness (QED) is 0.577. The molecular weight excluding hydrogens is 326 g/mol. The van der Waals surface area contributed by atoms with Crippen LogP contribution in [0.3, 0.4) is 0 Å². The molecule has 0 aliphatic heterocycles. The number of carboxylic acids is 1. The minimum absolute atomic E-state index is 0.0217. The highest BCUT2D eigenvalue weighted by molar-refractivity contribution is 7.59. The van der Waals surface area contributed by atoms with Gasteiger partial charge in [-0.2, -0.15) is 13.2 Å². The second-order valence-corrected chi connectivity index (χ2v) is 7.62. The summed E-state index contributed by atoms with van der Waals surface area (Å²) in [6, 6.07) is -0.686. The van der Waals surface area contributed by atoms with E-state index in [1.54, 1.807) is 27.7 Å². The summed E-state index contributed by atoms with van der Waals surface area (Å²) in [6.45, 7) is 5.31. The lowest BCUT2D eigenvalue weighted by molar-refractivity contribution is -0.185. The van der Waals surface area contributed by atoms with E-state index < -0.39 is 38.3 Å². The van der Waals surface area contributed by atoms with Crippen LogP contribution >= 0.6 is 7.44 Å². The number of nitrogens with zero attached hydrogens (tertiary/aromatic N) is 1. The predicted octanol–water partition coefficient (Wildman–Crippen LogP) is 1.61. The van der Waals surface area contributed by atoms with Crippen LogP contribution in [0.5, 0.6) is 0 Å². The Balaban J connectivity index is 5.40. The van der Waals surface area contributed by atoms with Crippen molar-refractivity contribution in [3.05, 3.63) is 0 Å². The summed E-state index contributed by atoms with van der Waals surface area (Å²) in [5, 5.41) is 13.8. The van der Waals surface area contributed by atoms with Gasteiger partial charge >= 0.3 is 18.1 Å². The molecular formula is C11H21F3N3O4P. The molecule has 7 nitrogen and oxygen atoms in total. The van der Waals surface area contributed by atoms with E-state index >= 15 is 0 Å². The first-order valence-corrected chi connectivity index (χ1v) is 8.38. The summed E-state index contributed by atoms with van der Waals surface area (Å²) in [5.41, 5.74) is 0. The summed E-state index contributed by atoms with van der Waals surface area (Å²) in [7, 11) is -3.63. The van der Waals surface area contributed by atoms with Crippen LogP contribution in [0.2, 0.25) is 0 Å². The summed E-state index contributed by atoms with van der Waals surface area (Å²) < 4.78 is 50.3. The first kappa shape index (κ1) is 20.9. The molecule has 3 N–H and O–H groups in total. The van der Waals surface area contributed by atoms with Gasteiger partial charge in [0, 0.05) is 12.1 Å². The van der Waals surface area contributed by atoms with E-state index in [2.05, 4.69) is 10.2 Å². The Morgan fingerprint density at radius 2 is 1.55 bits per heavy atom. The minimum Gasteiger partial charge on any atom is -0.480 e. The lowest BCUT2D eigenvalue weighted by atomic mass is 10.4.